The molecule has 0 radical (unpaired) electrons. The third-order valence-electron chi connectivity index (χ3n) is 2.89. The number of carbonyl (C=O) groups is 1. The average molecular weight is 242 g/mol. The van der Waals surface area contributed by atoms with Gasteiger partial charge in [0, 0.05) is 18.1 Å². The Morgan fingerprint density at radius 3 is 2.50 bits per heavy atom. The maximum atomic E-state index is 13.0. The first-order valence-electron chi connectivity index (χ1n) is 4.85. The Balaban J connectivity index is 2.34. The van der Waals surface area contributed by atoms with Crippen molar-refractivity contribution in [2.75, 3.05) is 6.26 Å². The summed E-state index contributed by atoms with van der Waals surface area (Å²) < 4.78 is 35.7. The van der Waals surface area contributed by atoms with Crippen LogP contribution in [0.5, 0.6) is 0 Å². The van der Waals surface area contributed by atoms with Crippen LogP contribution in [0.1, 0.15) is 11.5 Å². The molecule has 1 fully saturated rings. The SMILES string of the molecule is CS(=O)(=O)C1C(C=O)C1c1cccc(F)c1. The van der Waals surface area contributed by atoms with E-state index in [0.29, 0.717) is 11.8 Å². The molecule has 1 aromatic rings. The fourth-order valence-electron chi connectivity index (χ4n) is 2.14. The predicted octanol–water partition coefficient (Wildman–Crippen LogP) is 1.15. The summed E-state index contributed by atoms with van der Waals surface area (Å²) in [6.07, 6.45) is 1.74. The largest absolute Gasteiger partial charge is 0.303 e. The van der Waals surface area contributed by atoms with Crippen LogP contribution in [0.4, 0.5) is 4.39 Å². The van der Waals surface area contributed by atoms with Crippen LogP contribution in [0.25, 0.3) is 0 Å². The molecule has 1 aliphatic rings. The molecule has 0 aliphatic heterocycles. The smallest absolute Gasteiger partial charge is 0.151 e. The Kier molecular flexibility index (Phi) is 2.58. The van der Waals surface area contributed by atoms with Gasteiger partial charge in [0.25, 0.3) is 0 Å². The molecule has 3 atom stereocenters. The number of carbonyl (C=O) groups excluding carboxylic acids is 1. The van der Waals surface area contributed by atoms with Crippen LogP contribution >= 0.6 is 0 Å². The van der Waals surface area contributed by atoms with Gasteiger partial charge in [0.2, 0.25) is 0 Å². The van der Waals surface area contributed by atoms with Gasteiger partial charge in [0.1, 0.15) is 12.1 Å². The quantitative estimate of drug-likeness (QED) is 0.747. The fraction of sp³-hybridized carbons (Fsp3) is 0.364. The molecule has 0 saturated heterocycles. The maximum Gasteiger partial charge on any atom is 0.151 e. The molecule has 1 saturated carbocycles. The van der Waals surface area contributed by atoms with Crippen LogP contribution in [-0.2, 0) is 14.6 Å². The van der Waals surface area contributed by atoms with Crippen molar-refractivity contribution in [1.82, 2.24) is 0 Å². The molecule has 1 aliphatic carbocycles. The van der Waals surface area contributed by atoms with E-state index >= 15 is 0 Å². The normalized spacial score (nSPS) is 28.8. The van der Waals surface area contributed by atoms with Crippen LogP contribution < -0.4 is 0 Å². The lowest BCUT2D eigenvalue weighted by atomic mass is 10.1. The minimum atomic E-state index is -3.25. The number of hydrogen-bond acceptors (Lipinski definition) is 3. The van der Waals surface area contributed by atoms with Crippen LogP contribution in [0, 0.1) is 11.7 Å². The zero-order chi connectivity index (χ0) is 11.9. The van der Waals surface area contributed by atoms with Gasteiger partial charge in [-0.05, 0) is 17.7 Å². The third-order valence-corrected chi connectivity index (χ3v) is 4.49. The summed E-state index contributed by atoms with van der Waals surface area (Å²) in [6.45, 7) is 0. The van der Waals surface area contributed by atoms with Crippen LogP contribution in [0.3, 0.4) is 0 Å². The van der Waals surface area contributed by atoms with Crippen molar-refractivity contribution >= 4 is 16.1 Å². The fourth-order valence-corrected chi connectivity index (χ4v) is 3.73. The molecule has 2 rings (SSSR count). The lowest BCUT2D eigenvalue weighted by Crippen LogP contribution is -2.07. The van der Waals surface area contributed by atoms with Gasteiger partial charge in [-0.1, -0.05) is 12.1 Å². The summed E-state index contributed by atoms with van der Waals surface area (Å²) >= 11 is 0. The molecule has 86 valence electrons. The highest BCUT2D eigenvalue weighted by Gasteiger charge is 2.57. The molecule has 0 amide bonds. The van der Waals surface area contributed by atoms with Crippen molar-refractivity contribution in [1.29, 1.82) is 0 Å². The molecule has 0 spiro atoms. The van der Waals surface area contributed by atoms with Gasteiger partial charge >= 0.3 is 0 Å². The number of rotatable bonds is 3. The van der Waals surface area contributed by atoms with Crippen LogP contribution in [0.15, 0.2) is 24.3 Å². The van der Waals surface area contributed by atoms with E-state index in [9.17, 15) is 17.6 Å². The lowest BCUT2D eigenvalue weighted by molar-refractivity contribution is -0.108. The van der Waals surface area contributed by atoms with Gasteiger partial charge in [0.05, 0.1) is 5.25 Å². The molecule has 0 N–H and O–H groups in total. The summed E-state index contributed by atoms with van der Waals surface area (Å²) in [5.41, 5.74) is 0.576. The van der Waals surface area contributed by atoms with Crippen molar-refractivity contribution in [3.63, 3.8) is 0 Å². The highest BCUT2D eigenvalue weighted by atomic mass is 32.2. The van der Waals surface area contributed by atoms with Gasteiger partial charge in [-0.15, -0.1) is 0 Å². The van der Waals surface area contributed by atoms with Crippen LogP contribution in [0.2, 0.25) is 0 Å². The number of sulfone groups is 1. The molecule has 0 heterocycles. The first-order chi connectivity index (χ1) is 7.45. The second-order valence-corrected chi connectivity index (χ2v) is 6.29. The highest BCUT2D eigenvalue weighted by molar-refractivity contribution is 7.91. The zero-order valence-electron chi connectivity index (χ0n) is 8.63. The van der Waals surface area contributed by atoms with E-state index in [4.69, 9.17) is 0 Å². The van der Waals surface area contributed by atoms with Crippen molar-refractivity contribution in [2.24, 2.45) is 5.92 Å². The Morgan fingerprint density at radius 1 is 1.38 bits per heavy atom. The van der Waals surface area contributed by atoms with E-state index < -0.39 is 26.8 Å². The summed E-state index contributed by atoms with van der Waals surface area (Å²) in [7, 11) is -3.25. The molecule has 0 aromatic heterocycles. The van der Waals surface area contributed by atoms with Crippen molar-refractivity contribution < 1.29 is 17.6 Å². The summed E-state index contributed by atoms with van der Waals surface area (Å²) in [4.78, 5) is 10.7. The van der Waals surface area contributed by atoms with Crippen molar-refractivity contribution in [3.8, 4) is 0 Å². The van der Waals surface area contributed by atoms with Gasteiger partial charge in [-0.25, -0.2) is 12.8 Å². The minimum Gasteiger partial charge on any atom is -0.303 e. The first-order valence-corrected chi connectivity index (χ1v) is 6.80. The minimum absolute atomic E-state index is 0.386. The van der Waals surface area contributed by atoms with E-state index in [-0.39, 0.29) is 5.92 Å². The second-order valence-electron chi connectivity index (χ2n) is 4.09. The number of aldehydes is 1. The third kappa shape index (κ3) is 1.87. The molecule has 5 heteroatoms. The molecular formula is C11H11FO3S. The van der Waals surface area contributed by atoms with Crippen LogP contribution in [-0.4, -0.2) is 26.2 Å². The molecule has 0 bridgehead atoms. The summed E-state index contributed by atoms with van der Waals surface area (Å²) in [5, 5.41) is -0.688. The predicted molar refractivity (Wildman–Crippen MR) is 57.3 cm³/mol. The monoisotopic (exact) mass is 242 g/mol. The van der Waals surface area contributed by atoms with Crippen molar-refractivity contribution in [3.05, 3.63) is 35.6 Å². The maximum absolute atomic E-state index is 13.0. The van der Waals surface area contributed by atoms with E-state index in [0.717, 1.165) is 6.26 Å². The molecular weight excluding hydrogens is 231 g/mol. The van der Waals surface area contributed by atoms with Gasteiger partial charge < -0.3 is 4.79 Å². The summed E-state index contributed by atoms with van der Waals surface area (Å²) in [6, 6.07) is 5.74. The Labute approximate surface area is 93.2 Å². The number of halogens is 1. The molecule has 3 nitrogen and oxygen atoms in total. The zero-order valence-corrected chi connectivity index (χ0v) is 9.45. The van der Waals surface area contributed by atoms with Crippen molar-refractivity contribution in [2.45, 2.75) is 11.2 Å². The second kappa shape index (κ2) is 3.66. The number of benzene rings is 1. The topological polar surface area (TPSA) is 51.2 Å². The Hall–Kier alpha value is -1.23. The Morgan fingerprint density at radius 2 is 2.06 bits per heavy atom. The lowest BCUT2D eigenvalue weighted by Gasteiger charge is -1.98. The van der Waals surface area contributed by atoms with Gasteiger partial charge in [0.15, 0.2) is 9.84 Å². The van der Waals surface area contributed by atoms with E-state index in [1.165, 1.54) is 18.2 Å². The highest BCUT2D eigenvalue weighted by Crippen LogP contribution is 2.50. The van der Waals surface area contributed by atoms with Gasteiger partial charge in [-0.2, -0.15) is 0 Å². The average Bonchev–Trinajstić information content (AvgIpc) is 2.91. The number of hydrogen-bond donors (Lipinski definition) is 0. The first kappa shape index (κ1) is 11.3. The molecule has 16 heavy (non-hydrogen) atoms. The van der Waals surface area contributed by atoms with Gasteiger partial charge in [-0.3, -0.25) is 0 Å². The van der Waals surface area contributed by atoms with E-state index in [2.05, 4.69) is 0 Å². The standard InChI is InChI=1S/C11H11FO3S/c1-16(14,15)11-9(6-13)10(11)7-3-2-4-8(12)5-7/h2-6,9-11H,1H3. The molecule has 3 unspecified atom stereocenters. The van der Waals surface area contributed by atoms with E-state index in [1.54, 1.807) is 6.07 Å². The molecule has 1 aromatic carbocycles. The Bertz CT molecular complexity index is 524. The summed E-state index contributed by atoms with van der Waals surface area (Å²) in [5.74, 6) is -1.33. The van der Waals surface area contributed by atoms with E-state index in [1.807, 2.05) is 0 Å².